The Morgan fingerprint density at radius 3 is 2.76 bits per heavy atom. The summed E-state index contributed by atoms with van der Waals surface area (Å²) in [6.07, 6.45) is 4.46. The zero-order chi connectivity index (χ0) is 11.9. The third kappa shape index (κ3) is 2.16. The molecule has 1 spiro atoms. The van der Waals surface area contributed by atoms with Gasteiger partial charge in [0.05, 0.1) is 24.1 Å². The highest BCUT2D eigenvalue weighted by molar-refractivity contribution is 5.46. The van der Waals surface area contributed by atoms with Crippen LogP contribution in [0.1, 0.15) is 38.3 Å². The highest BCUT2D eigenvalue weighted by Crippen LogP contribution is 2.42. The first kappa shape index (κ1) is 11.0. The summed E-state index contributed by atoms with van der Waals surface area (Å²) in [5.74, 6) is 0.503. The minimum atomic E-state index is 0.189. The molecular weight excluding hydrogens is 212 g/mol. The maximum absolute atomic E-state index is 5.83. The molecule has 0 atom stereocenters. The Morgan fingerprint density at radius 2 is 2.18 bits per heavy atom. The number of hydrogen-bond donors (Lipinski definition) is 0. The fourth-order valence-electron chi connectivity index (χ4n) is 2.43. The lowest BCUT2D eigenvalue weighted by Crippen LogP contribution is -2.44. The summed E-state index contributed by atoms with van der Waals surface area (Å²) in [7, 11) is 0. The van der Waals surface area contributed by atoms with E-state index >= 15 is 0 Å². The van der Waals surface area contributed by atoms with E-state index in [1.54, 1.807) is 0 Å². The van der Waals surface area contributed by atoms with E-state index < -0.39 is 0 Å². The molecule has 0 radical (unpaired) electrons. The van der Waals surface area contributed by atoms with Crippen molar-refractivity contribution >= 4 is 5.69 Å². The zero-order valence-electron chi connectivity index (χ0n) is 10.6. The number of rotatable bonds is 2. The van der Waals surface area contributed by atoms with Gasteiger partial charge in [0.15, 0.2) is 0 Å². The summed E-state index contributed by atoms with van der Waals surface area (Å²) in [6, 6.07) is 4.35. The van der Waals surface area contributed by atoms with Gasteiger partial charge in [0.1, 0.15) is 0 Å². The summed E-state index contributed by atoms with van der Waals surface area (Å²) in [4.78, 5) is 6.95. The molecule has 2 aliphatic rings. The third-order valence-corrected chi connectivity index (χ3v) is 3.78. The molecule has 3 rings (SSSR count). The smallest absolute Gasteiger partial charge is 0.0859 e. The van der Waals surface area contributed by atoms with Crippen molar-refractivity contribution in [3.63, 3.8) is 0 Å². The first-order chi connectivity index (χ1) is 8.19. The van der Waals surface area contributed by atoms with Crippen molar-refractivity contribution in [2.75, 3.05) is 24.6 Å². The summed E-state index contributed by atoms with van der Waals surface area (Å²) in [5, 5.41) is 0. The topological polar surface area (TPSA) is 25.4 Å². The maximum atomic E-state index is 5.83. The van der Waals surface area contributed by atoms with E-state index in [9.17, 15) is 0 Å². The summed E-state index contributed by atoms with van der Waals surface area (Å²) in [5.41, 5.74) is 2.60. The summed E-state index contributed by atoms with van der Waals surface area (Å²) >= 11 is 0. The second-order valence-corrected chi connectivity index (χ2v) is 5.55. The molecule has 17 heavy (non-hydrogen) atoms. The predicted octanol–water partition coefficient (Wildman–Crippen LogP) is 2.57. The van der Waals surface area contributed by atoms with Gasteiger partial charge in [-0.05, 0) is 30.9 Å². The van der Waals surface area contributed by atoms with E-state index in [0.29, 0.717) is 5.92 Å². The van der Waals surface area contributed by atoms with Crippen LogP contribution < -0.4 is 4.90 Å². The molecule has 1 aromatic heterocycles. The molecule has 1 saturated heterocycles. The van der Waals surface area contributed by atoms with Gasteiger partial charge in [-0.2, -0.15) is 0 Å². The number of aromatic nitrogens is 1. The Labute approximate surface area is 103 Å². The average Bonchev–Trinajstić information content (AvgIpc) is 3.08. The van der Waals surface area contributed by atoms with Crippen LogP contribution in [0, 0.1) is 0 Å². The first-order valence-electron chi connectivity index (χ1n) is 6.53. The van der Waals surface area contributed by atoms with Crippen molar-refractivity contribution in [1.82, 2.24) is 4.98 Å². The van der Waals surface area contributed by atoms with Gasteiger partial charge in [0, 0.05) is 18.8 Å². The quantitative estimate of drug-likeness (QED) is 0.783. The van der Waals surface area contributed by atoms with E-state index in [1.165, 1.54) is 24.2 Å². The monoisotopic (exact) mass is 232 g/mol. The Bertz CT molecular complexity index is 395. The van der Waals surface area contributed by atoms with Crippen molar-refractivity contribution in [1.29, 1.82) is 0 Å². The van der Waals surface area contributed by atoms with E-state index in [-0.39, 0.29) is 5.60 Å². The SMILES string of the molecule is CC(C)c1ccc(N2CCOC3(CC3)C2)cn1. The summed E-state index contributed by atoms with van der Waals surface area (Å²) < 4.78 is 5.83. The molecule has 0 N–H and O–H groups in total. The van der Waals surface area contributed by atoms with Crippen molar-refractivity contribution < 1.29 is 4.74 Å². The minimum Gasteiger partial charge on any atom is -0.371 e. The van der Waals surface area contributed by atoms with E-state index in [4.69, 9.17) is 4.74 Å². The molecule has 0 amide bonds. The average molecular weight is 232 g/mol. The number of morpholine rings is 1. The van der Waals surface area contributed by atoms with E-state index in [0.717, 1.165) is 19.7 Å². The first-order valence-corrected chi connectivity index (χ1v) is 6.53. The molecule has 0 bridgehead atoms. The molecule has 0 unspecified atom stereocenters. The Kier molecular flexibility index (Phi) is 2.58. The molecule has 0 aromatic carbocycles. The van der Waals surface area contributed by atoms with Gasteiger partial charge in [-0.15, -0.1) is 0 Å². The van der Waals surface area contributed by atoms with Crippen LogP contribution in [0.4, 0.5) is 5.69 Å². The molecule has 3 heteroatoms. The predicted molar refractivity (Wildman–Crippen MR) is 68.5 cm³/mol. The molecule has 1 saturated carbocycles. The number of anilines is 1. The molecule has 3 nitrogen and oxygen atoms in total. The van der Waals surface area contributed by atoms with E-state index in [2.05, 4.69) is 35.9 Å². The maximum Gasteiger partial charge on any atom is 0.0859 e. The molecule has 2 fully saturated rings. The number of ether oxygens (including phenoxy) is 1. The third-order valence-electron chi connectivity index (χ3n) is 3.78. The second kappa shape index (κ2) is 3.98. The van der Waals surface area contributed by atoms with Crippen molar-refractivity contribution in [3.05, 3.63) is 24.0 Å². The Hall–Kier alpha value is -1.09. The number of nitrogens with zero attached hydrogens (tertiary/aromatic N) is 2. The van der Waals surface area contributed by atoms with Gasteiger partial charge in [0.2, 0.25) is 0 Å². The van der Waals surface area contributed by atoms with Crippen LogP contribution in [0.25, 0.3) is 0 Å². The Balaban J connectivity index is 1.75. The second-order valence-electron chi connectivity index (χ2n) is 5.55. The summed E-state index contributed by atoms with van der Waals surface area (Å²) in [6.45, 7) is 7.23. The van der Waals surface area contributed by atoms with Gasteiger partial charge in [-0.25, -0.2) is 0 Å². The Morgan fingerprint density at radius 1 is 1.35 bits per heavy atom. The fourth-order valence-corrected chi connectivity index (χ4v) is 2.43. The standard InChI is InChI=1S/C14H20N2O/c1-11(2)13-4-3-12(9-15-13)16-7-8-17-14(10-16)5-6-14/h3-4,9,11H,5-8,10H2,1-2H3. The lowest BCUT2D eigenvalue weighted by atomic mass is 10.1. The van der Waals surface area contributed by atoms with Gasteiger partial charge in [-0.1, -0.05) is 13.8 Å². The van der Waals surface area contributed by atoms with Gasteiger partial charge >= 0.3 is 0 Å². The van der Waals surface area contributed by atoms with Crippen molar-refractivity contribution in [2.24, 2.45) is 0 Å². The molecule has 92 valence electrons. The van der Waals surface area contributed by atoms with Gasteiger partial charge in [0.25, 0.3) is 0 Å². The molecular formula is C14H20N2O. The van der Waals surface area contributed by atoms with Crippen LogP contribution in [0.3, 0.4) is 0 Å². The number of hydrogen-bond acceptors (Lipinski definition) is 3. The lowest BCUT2D eigenvalue weighted by Gasteiger charge is -2.34. The molecule has 1 aliphatic carbocycles. The van der Waals surface area contributed by atoms with Crippen molar-refractivity contribution in [2.45, 2.75) is 38.2 Å². The number of pyridine rings is 1. The highest BCUT2D eigenvalue weighted by atomic mass is 16.5. The molecule has 2 heterocycles. The molecule has 1 aliphatic heterocycles. The van der Waals surface area contributed by atoms with Gasteiger partial charge in [-0.3, -0.25) is 4.98 Å². The largest absolute Gasteiger partial charge is 0.371 e. The van der Waals surface area contributed by atoms with Crippen LogP contribution in [-0.2, 0) is 4.74 Å². The van der Waals surface area contributed by atoms with Crippen molar-refractivity contribution in [3.8, 4) is 0 Å². The fraction of sp³-hybridized carbons (Fsp3) is 0.643. The minimum absolute atomic E-state index is 0.189. The zero-order valence-corrected chi connectivity index (χ0v) is 10.6. The lowest BCUT2D eigenvalue weighted by molar-refractivity contribution is 0.0206. The van der Waals surface area contributed by atoms with Crippen LogP contribution in [-0.4, -0.2) is 30.3 Å². The van der Waals surface area contributed by atoms with Crippen LogP contribution >= 0.6 is 0 Å². The van der Waals surface area contributed by atoms with Crippen LogP contribution in [0.2, 0.25) is 0 Å². The normalized spacial score (nSPS) is 22.2. The highest BCUT2D eigenvalue weighted by Gasteiger charge is 2.47. The molecule has 1 aromatic rings. The van der Waals surface area contributed by atoms with Crippen LogP contribution in [0.5, 0.6) is 0 Å². The van der Waals surface area contributed by atoms with E-state index in [1.807, 2.05) is 6.20 Å². The van der Waals surface area contributed by atoms with Gasteiger partial charge < -0.3 is 9.64 Å². The van der Waals surface area contributed by atoms with Crippen LogP contribution in [0.15, 0.2) is 18.3 Å².